The molecule has 0 saturated heterocycles. The molecule has 2 rings (SSSR count). The van der Waals surface area contributed by atoms with Gasteiger partial charge in [0.15, 0.2) is 0 Å². The van der Waals surface area contributed by atoms with E-state index >= 15 is 0 Å². The molecule has 12 heavy (non-hydrogen) atoms. The molecular formula is C11H14O. The maximum absolute atomic E-state index is 10.7. The van der Waals surface area contributed by atoms with Crippen molar-refractivity contribution < 1.29 is 4.79 Å². The summed E-state index contributed by atoms with van der Waals surface area (Å²) in [4.78, 5) is 10.7. The highest BCUT2D eigenvalue weighted by atomic mass is 16.1. The van der Waals surface area contributed by atoms with Crippen LogP contribution in [0.1, 0.15) is 26.2 Å². The molecular weight excluding hydrogens is 148 g/mol. The van der Waals surface area contributed by atoms with E-state index in [1.165, 1.54) is 11.1 Å². The zero-order valence-electron chi connectivity index (χ0n) is 7.42. The number of hydrogen-bond acceptors (Lipinski definition) is 1. The Kier molecular flexibility index (Phi) is 1.87. The van der Waals surface area contributed by atoms with Crippen molar-refractivity contribution in [3.8, 4) is 0 Å². The lowest BCUT2D eigenvalue weighted by atomic mass is 9.81. The van der Waals surface area contributed by atoms with Gasteiger partial charge in [0.05, 0.1) is 0 Å². The number of allylic oxidation sites excluding steroid dienone is 4. The Morgan fingerprint density at radius 3 is 2.83 bits per heavy atom. The van der Waals surface area contributed by atoms with Crippen LogP contribution in [0, 0.1) is 11.8 Å². The van der Waals surface area contributed by atoms with Gasteiger partial charge in [0.1, 0.15) is 6.29 Å². The molecule has 2 atom stereocenters. The summed E-state index contributed by atoms with van der Waals surface area (Å²) in [6.45, 7) is 2.17. The molecule has 0 aromatic heterocycles. The van der Waals surface area contributed by atoms with Gasteiger partial charge >= 0.3 is 0 Å². The summed E-state index contributed by atoms with van der Waals surface area (Å²) in [6, 6.07) is 0. The van der Waals surface area contributed by atoms with Crippen molar-refractivity contribution in [3.63, 3.8) is 0 Å². The highest BCUT2D eigenvalue weighted by molar-refractivity contribution is 5.62. The Labute approximate surface area is 73.2 Å². The third kappa shape index (κ3) is 1.04. The summed E-state index contributed by atoms with van der Waals surface area (Å²) >= 11 is 0. The van der Waals surface area contributed by atoms with E-state index in [1.54, 1.807) is 0 Å². The predicted molar refractivity (Wildman–Crippen MR) is 48.7 cm³/mol. The second-order valence-electron chi connectivity index (χ2n) is 3.79. The van der Waals surface area contributed by atoms with Crippen LogP contribution in [0.3, 0.4) is 0 Å². The smallest absolute Gasteiger partial charge is 0.127 e. The number of carbonyl (C=O) groups is 1. The average Bonchev–Trinajstić information content (AvgIpc) is 2.30. The predicted octanol–water partition coefficient (Wildman–Crippen LogP) is 2.49. The fraction of sp³-hybridized carbons (Fsp3) is 0.545. The second-order valence-corrected chi connectivity index (χ2v) is 3.79. The topological polar surface area (TPSA) is 17.1 Å². The number of rotatable bonds is 2. The summed E-state index contributed by atoms with van der Waals surface area (Å²) in [7, 11) is 0. The van der Waals surface area contributed by atoms with Gasteiger partial charge in [-0.15, -0.1) is 0 Å². The van der Waals surface area contributed by atoms with Crippen LogP contribution in [-0.4, -0.2) is 6.29 Å². The monoisotopic (exact) mass is 162 g/mol. The summed E-state index contributed by atoms with van der Waals surface area (Å²) in [5.74, 6) is 0.836. The van der Waals surface area contributed by atoms with Crippen LogP contribution in [0.5, 0.6) is 0 Å². The number of carbonyl (C=O) groups excluding carboxylic acids is 1. The van der Waals surface area contributed by atoms with Crippen molar-refractivity contribution in [1.29, 1.82) is 0 Å². The molecule has 2 aliphatic rings. The third-order valence-corrected chi connectivity index (χ3v) is 3.04. The molecule has 0 radical (unpaired) electrons. The van der Waals surface area contributed by atoms with Crippen molar-refractivity contribution in [2.24, 2.45) is 11.8 Å². The lowest BCUT2D eigenvalue weighted by Gasteiger charge is -2.23. The molecule has 0 spiro atoms. The standard InChI is InChI=1S/C11H14O/c1-8-5-6-10(7-12)11(8)9-3-2-4-9/h2-3,7,9-10H,4-6H2,1H3. The first kappa shape index (κ1) is 7.78. The van der Waals surface area contributed by atoms with Crippen LogP contribution in [0.2, 0.25) is 0 Å². The Morgan fingerprint density at radius 2 is 2.33 bits per heavy atom. The summed E-state index contributed by atoms with van der Waals surface area (Å²) in [5.41, 5.74) is 2.88. The first-order chi connectivity index (χ1) is 5.83. The lowest BCUT2D eigenvalue weighted by molar-refractivity contribution is -0.110. The fourth-order valence-electron chi connectivity index (χ4n) is 2.22. The van der Waals surface area contributed by atoms with Crippen molar-refractivity contribution in [3.05, 3.63) is 23.3 Å². The van der Waals surface area contributed by atoms with Gasteiger partial charge in [0.2, 0.25) is 0 Å². The third-order valence-electron chi connectivity index (χ3n) is 3.04. The van der Waals surface area contributed by atoms with Gasteiger partial charge in [-0.3, -0.25) is 0 Å². The van der Waals surface area contributed by atoms with E-state index in [0.29, 0.717) is 5.92 Å². The molecule has 0 aliphatic heterocycles. The van der Waals surface area contributed by atoms with Gasteiger partial charge in [0, 0.05) is 11.8 Å². The van der Waals surface area contributed by atoms with Gasteiger partial charge in [-0.25, -0.2) is 0 Å². The number of aldehydes is 1. The van der Waals surface area contributed by atoms with Crippen LogP contribution in [0.25, 0.3) is 0 Å². The largest absolute Gasteiger partial charge is 0.303 e. The van der Waals surface area contributed by atoms with Crippen LogP contribution >= 0.6 is 0 Å². The van der Waals surface area contributed by atoms with Gasteiger partial charge in [-0.05, 0) is 26.2 Å². The zero-order valence-corrected chi connectivity index (χ0v) is 7.42. The molecule has 0 N–H and O–H groups in total. The quantitative estimate of drug-likeness (QED) is 0.450. The minimum Gasteiger partial charge on any atom is -0.303 e. The van der Waals surface area contributed by atoms with Crippen molar-refractivity contribution in [1.82, 2.24) is 0 Å². The van der Waals surface area contributed by atoms with E-state index in [4.69, 9.17) is 0 Å². The molecule has 0 heterocycles. The lowest BCUT2D eigenvalue weighted by Crippen LogP contribution is -2.13. The minimum atomic E-state index is 0.236. The Bertz CT molecular complexity index is 260. The maximum Gasteiger partial charge on any atom is 0.127 e. The minimum absolute atomic E-state index is 0.236. The van der Waals surface area contributed by atoms with Crippen LogP contribution in [-0.2, 0) is 4.79 Å². The van der Waals surface area contributed by atoms with E-state index in [2.05, 4.69) is 19.1 Å². The van der Waals surface area contributed by atoms with Crippen LogP contribution < -0.4 is 0 Å². The normalized spacial score (nSPS) is 33.8. The summed E-state index contributed by atoms with van der Waals surface area (Å²) in [5, 5.41) is 0. The van der Waals surface area contributed by atoms with E-state index in [1.807, 2.05) is 0 Å². The summed E-state index contributed by atoms with van der Waals surface area (Å²) in [6.07, 6.45) is 8.86. The molecule has 0 aromatic carbocycles. The Morgan fingerprint density at radius 1 is 1.58 bits per heavy atom. The Hall–Kier alpha value is -0.850. The second kappa shape index (κ2) is 2.89. The molecule has 1 heteroatoms. The first-order valence-electron chi connectivity index (χ1n) is 4.64. The van der Waals surface area contributed by atoms with E-state index < -0.39 is 0 Å². The molecule has 1 nitrogen and oxygen atoms in total. The fourth-order valence-corrected chi connectivity index (χ4v) is 2.22. The molecule has 2 unspecified atom stereocenters. The van der Waals surface area contributed by atoms with Crippen LogP contribution in [0.4, 0.5) is 0 Å². The zero-order chi connectivity index (χ0) is 8.55. The molecule has 0 fully saturated rings. The van der Waals surface area contributed by atoms with E-state index in [9.17, 15) is 4.79 Å². The SMILES string of the molecule is CC1=C(C2C=CC2)C(C=O)CC1. The maximum atomic E-state index is 10.7. The van der Waals surface area contributed by atoms with Gasteiger partial charge in [0.25, 0.3) is 0 Å². The van der Waals surface area contributed by atoms with Crippen molar-refractivity contribution in [2.45, 2.75) is 26.2 Å². The first-order valence-corrected chi connectivity index (χ1v) is 4.64. The van der Waals surface area contributed by atoms with Crippen LogP contribution in [0.15, 0.2) is 23.3 Å². The highest BCUT2D eigenvalue weighted by Crippen LogP contribution is 2.40. The highest BCUT2D eigenvalue weighted by Gasteiger charge is 2.29. The summed E-state index contributed by atoms with van der Waals surface area (Å²) < 4.78 is 0. The average molecular weight is 162 g/mol. The Balaban J connectivity index is 2.23. The van der Waals surface area contributed by atoms with Crippen molar-refractivity contribution in [2.75, 3.05) is 0 Å². The molecule has 0 amide bonds. The molecule has 2 aliphatic carbocycles. The van der Waals surface area contributed by atoms with Gasteiger partial charge in [-0.1, -0.05) is 23.3 Å². The van der Waals surface area contributed by atoms with E-state index in [-0.39, 0.29) is 5.92 Å². The molecule has 0 bridgehead atoms. The van der Waals surface area contributed by atoms with E-state index in [0.717, 1.165) is 25.5 Å². The molecule has 64 valence electrons. The molecule has 0 saturated carbocycles. The molecule has 0 aromatic rings. The van der Waals surface area contributed by atoms with Gasteiger partial charge < -0.3 is 4.79 Å². The van der Waals surface area contributed by atoms with Crippen molar-refractivity contribution >= 4 is 6.29 Å². The van der Waals surface area contributed by atoms with Gasteiger partial charge in [-0.2, -0.15) is 0 Å². The number of hydrogen-bond donors (Lipinski definition) is 0.